The molecule has 5 rings (SSSR count). The van der Waals surface area contributed by atoms with E-state index in [1.165, 1.54) is 49.4 Å². The number of fused-ring (bicyclic) bond motifs is 1. The molecule has 42 heavy (non-hydrogen) atoms. The number of esters is 1. The Balaban J connectivity index is 1.42. The van der Waals surface area contributed by atoms with Crippen LogP contribution in [0.2, 0.25) is 0 Å². The van der Waals surface area contributed by atoms with E-state index in [0.29, 0.717) is 5.56 Å². The fourth-order valence-electron chi connectivity index (χ4n) is 4.53. The summed E-state index contributed by atoms with van der Waals surface area (Å²) in [4.78, 5) is 25.9. The molecule has 1 saturated heterocycles. The van der Waals surface area contributed by atoms with Gasteiger partial charge in [-0.2, -0.15) is 0 Å². The lowest BCUT2D eigenvalue weighted by atomic mass is 9.99. The average molecular weight is 579 g/mol. The van der Waals surface area contributed by atoms with Crippen molar-refractivity contribution < 1.29 is 54.1 Å². The highest BCUT2D eigenvalue weighted by molar-refractivity contribution is 5.88. The molecule has 6 N–H and O–H groups in total. The number of aromatic hydroxyl groups is 4. The first-order valence-corrected chi connectivity index (χ1v) is 12.7. The summed E-state index contributed by atoms with van der Waals surface area (Å²) in [6.07, 6.45) is -5.04. The number of phenols is 4. The summed E-state index contributed by atoms with van der Waals surface area (Å²) < 4.78 is 22.6. The molecule has 0 radical (unpaired) electrons. The van der Waals surface area contributed by atoms with E-state index in [0.717, 1.165) is 18.2 Å². The van der Waals surface area contributed by atoms with Crippen molar-refractivity contribution in [3.63, 3.8) is 0 Å². The fourth-order valence-corrected chi connectivity index (χ4v) is 4.53. The number of carbonyl (C=O) groups excluding carboxylic acids is 1. The van der Waals surface area contributed by atoms with Crippen molar-refractivity contribution in [1.29, 1.82) is 0 Å². The van der Waals surface area contributed by atoms with E-state index in [-0.39, 0.29) is 39.5 Å². The molecular formula is C30H26O12. The van der Waals surface area contributed by atoms with Gasteiger partial charge in [-0.15, -0.1) is 0 Å². The Hall–Kier alpha value is -5.04. The number of hydrogen-bond donors (Lipinski definition) is 6. The van der Waals surface area contributed by atoms with Crippen molar-refractivity contribution in [3.05, 3.63) is 82.5 Å². The quantitative estimate of drug-likeness (QED) is 0.145. The van der Waals surface area contributed by atoms with E-state index in [1.54, 1.807) is 12.1 Å². The van der Waals surface area contributed by atoms with Crippen LogP contribution in [0.4, 0.5) is 0 Å². The van der Waals surface area contributed by atoms with Crippen molar-refractivity contribution in [2.75, 3.05) is 0 Å². The molecular weight excluding hydrogens is 552 g/mol. The molecule has 1 aliphatic heterocycles. The number of carbonyl (C=O) groups is 1. The van der Waals surface area contributed by atoms with Crippen LogP contribution in [0.15, 0.2) is 76.0 Å². The van der Waals surface area contributed by atoms with Crippen molar-refractivity contribution in [2.45, 2.75) is 37.6 Å². The summed E-state index contributed by atoms with van der Waals surface area (Å²) in [5.74, 6) is -2.55. The van der Waals surface area contributed by atoms with E-state index < -0.39 is 53.6 Å². The molecule has 0 spiro atoms. The molecule has 218 valence electrons. The molecule has 12 heteroatoms. The highest BCUT2D eigenvalue weighted by Crippen LogP contribution is 2.37. The van der Waals surface area contributed by atoms with E-state index in [4.69, 9.17) is 18.6 Å². The number of rotatable bonds is 6. The average Bonchev–Trinajstić information content (AvgIpc) is 2.94. The lowest BCUT2D eigenvalue weighted by molar-refractivity contribution is -0.271. The molecule has 0 aliphatic carbocycles. The highest BCUT2D eigenvalue weighted by Gasteiger charge is 2.46. The van der Waals surface area contributed by atoms with E-state index in [1.807, 2.05) is 0 Å². The second-order valence-corrected chi connectivity index (χ2v) is 9.61. The van der Waals surface area contributed by atoms with Crippen LogP contribution in [0.3, 0.4) is 0 Å². The van der Waals surface area contributed by atoms with Crippen LogP contribution >= 0.6 is 0 Å². The van der Waals surface area contributed by atoms with Gasteiger partial charge in [-0.1, -0.05) is 12.1 Å². The lowest BCUT2D eigenvalue weighted by Gasteiger charge is -2.40. The van der Waals surface area contributed by atoms with Crippen LogP contribution in [0.5, 0.6) is 28.7 Å². The minimum atomic E-state index is -1.81. The first-order valence-electron chi connectivity index (χ1n) is 12.7. The molecule has 5 atom stereocenters. The third kappa shape index (κ3) is 5.72. The van der Waals surface area contributed by atoms with Gasteiger partial charge >= 0.3 is 5.97 Å². The molecule has 0 amide bonds. The first kappa shape index (κ1) is 28.5. The van der Waals surface area contributed by atoms with Gasteiger partial charge in [0.25, 0.3) is 0 Å². The zero-order valence-electron chi connectivity index (χ0n) is 21.9. The predicted octanol–water partition coefficient (Wildman–Crippen LogP) is 2.75. The van der Waals surface area contributed by atoms with Gasteiger partial charge in [-0.3, -0.25) is 4.79 Å². The summed E-state index contributed by atoms with van der Waals surface area (Å²) in [5.41, 5.74) is -0.264. The standard InChI is InChI=1S/C30H26O12/c1-14-27(41-22(35)10-5-15-3-2-4-18(32)11-15)25(37)26(38)30(39-14)42-29-24(36)23-20(34)12-19(33)13-21(23)40-28(29)16-6-8-17(31)9-7-16/h2-14,25-27,30-34,37-38H,1H3/b10-5-/t14-,25-,26+,27-,30-/m0/s1. The Morgan fingerprint density at radius 1 is 0.905 bits per heavy atom. The van der Waals surface area contributed by atoms with Crippen molar-refractivity contribution in [2.24, 2.45) is 0 Å². The molecule has 0 saturated carbocycles. The summed E-state index contributed by atoms with van der Waals surface area (Å²) in [6.45, 7) is 1.46. The summed E-state index contributed by atoms with van der Waals surface area (Å²) in [7, 11) is 0. The Labute approximate surface area is 237 Å². The molecule has 2 heterocycles. The van der Waals surface area contributed by atoms with E-state index in [9.17, 15) is 40.2 Å². The third-order valence-electron chi connectivity index (χ3n) is 6.59. The summed E-state index contributed by atoms with van der Waals surface area (Å²) in [6, 6.07) is 13.7. The smallest absolute Gasteiger partial charge is 0.331 e. The minimum Gasteiger partial charge on any atom is -0.508 e. The normalized spacial score (nSPS) is 22.3. The molecule has 3 aromatic carbocycles. The Morgan fingerprint density at radius 2 is 1.64 bits per heavy atom. The highest BCUT2D eigenvalue weighted by atomic mass is 16.7. The summed E-state index contributed by atoms with van der Waals surface area (Å²) in [5, 5.41) is 60.8. The maximum Gasteiger partial charge on any atom is 0.331 e. The minimum absolute atomic E-state index is 0.00628. The summed E-state index contributed by atoms with van der Waals surface area (Å²) >= 11 is 0. The zero-order chi connectivity index (χ0) is 30.1. The van der Waals surface area contributed by atoms with Crippen LogP contribution in [0, 0.1) is 0 Å². The van der Waals surface area contributed by atoms with Gasteiger partial charge in [0, 0.05) is 23.8 Å². The molecule has 1 fully saturated rings. The van der Waals surface area contributed by atoms with Crippen LogP contribution in [-0.2, 0) is 14.3 Å². The molecule has 1 aromatic heterocycles. The second kappa shape index (κ2) is 11.4. The Morgan fingerprint density at radius 3 is 2.36 bits per heavy atom. The van der Waals surface area contributed by atoms with Crippen molar-refractivity contribution in [1.82, 2.24) is 0 Å². The molecule has 0 unspecified atom stereocenters. The van der Waals surface area contributed by atoms with E-state index in [2.05, 4.69) is 0 Å². The second-order valence-electron chi connectivity index (χ2n) is 9.61. The number of benzene rings is 3. The topological polar surface area (TPSA) is 196 Å². The molecule has 0 bridgehead atoms. The Kier molecular flexibility index (Phi) is 7.77. The number of aliphatic hydroxyl groups excluding tert-OH is 2. The monoisotopic (exact) mass is 578 g/mol. The molecule has 4 aromatic rings. The Bertz CT molecular complexity index is 1710. The largest absolute Gasteiger partial charge is 0.508 e. The maximum absolute atomic E-state index is 13.5. The van der Waals surface area contributed by atoms with Crippen LogP contribution in [-0.4, -0.2) is 67.3 Å². The molecule has 12 nitrogen and oxygen atoms in total. The van der Waals surface area contributed by atoms with Crippen LogP contribution in [0.25, 0.3) is 28.4 Å². The van der Waals surface area contributed by atoms with Gasteiger partial charge in [0.15, 0.2) is 11.9 Å². The van der Waals surface area contributed by atoms with Gasteiger partial charge in [0.1, 0.15) is 46.2 Å². The SMILES string of the molecule is C[C@@H]1O[C@@H](Oc2c(-c3ccc(O)cc3)oc3cc(O)cc(O)c3c2=O)[C@H](O)[C@H](O)[C@H]1OC(=O)/C=C\c1cccc(O)c1. The van der Waals surface area contributed by atoms with Crippen molar-refractivity contribution in [3.8, 4) is 40.1 Å². The van der Waals surface area contributed by atoms with Crippen LogP contribution in [0.1, 0.15) is 12.5 Å². The van der Waals surface area contributed by atoms with Crippen molar-refractivity contribution >= 4 is 23.0 Å². The van der Waals surface area contributed by atoms with Gasteiger partial charge in [-0.05, 0) is 55.0 Å². The van der Waals surface area contributed by atoms with Gasteiger partial charge in [0.2, 0.25) is 17.5 Å². The fraction of sp³-hybridized carbons (Fsp3) is 0.200. The van der Waals surface area contributed by atoms with E-state index >= 15 is 0 Å². The lowest BCUT2D eigenvalue weighted by Crippen LogP contribution is -2.59. The van der Waals surface area contributed by atoms with Gasteiger partial charge < -0.3 is 49.3 Å². The number of phenolic OH excluding ortho intramolecular Hbond substituents is 4. The number of hydrogen-bond acceptors (Lipinski definition) is 12. The first-order chi connectivity index (χ1) is 20.0. The predicted molar refractivity (Wildman–Crippen MR) is 147 cm³/mol. The zero-order valence-corrected chi connectivity index (χ0v) is 21.9. The number of aliphatic hydroxyl groups is 2. The van der Waals surface area contributed by atoms with Gasteiger partial charge in [0.05, 0.1) is 6.10 Å². The number of ether oxygens (including phenoxy) is 3. The van der Waals surface area contributed by atoms with Crippen LogP contribution < -0.4 is 10.2 Å². The maximum atomic E-state index is 13.5. The molecule has 1 aliphatic rings. The third-order valence-corrected chi connectivity index (χ3v) is 6.59. The van der Waals surface area contributed by atoms with Gasteiger partial charge in [-0.25, -0.2) is 4.79 Å².